The number of anilines is 4. The minimum atomic E-state index is -0.602. The van der Waals surface area contributed by atoms with Crippen LogP contribution in [-0.4, -0.2) is 38.0 Å². The molecule has 0 heterocycles. The third kappa shape index (κ3) is 5.02. The Hall–Kier alpha value is -5.38. The number of carbonyl (C=O) groups excluding carboxylic acids is 2. The quantitative estimate of drug-likeness (QED) is 0.151. The van der Waals surface area contributed by atoms with E-state index in [0.717, 1.165) is 0 Å². The van der Waals surface area contributed by atoms with Gasteiger partial charge in [0, 0.05) is 23.5 Å². The number of carbonyl (C=O) groups is 2. The second-order valence-electron chi connectivity index (χ2n) is 8.93. The van der Waals surface area contributed by atoms with Crippen LogP contribution in [0.3, 0.4) is 0 Å². The van der Waals surface area contributed by atoms with Crippen LogP contribution in [0.25, 0.3) is 0 Å². The van der Waals surface area contributed by atoms with Crippen molar-refractivity contribution in [1.29, 1.82) is 0 Å². The smallest absolute Gasteiger partial charge is 0.199 e. The van der Waals surface area contributed by atoms with Gasteiger partial charge in [0.05, 0.1) is 33.6 Å². The van der Waals surface area contributed by atoms with Gasteiger partial charge < -0.3 is 41.9 Å². The molecule has 0 radical (unpaired) electrons. The van der Waals surface area contributed by atoms with Gasteiger partial charge in [-0.15, -0.1) is 0 Å². The Bertz CT molecular complexity index is 1460. The Labute approximate surface area is 230 Å². The van der Waals surface area contributed by atoms with Crippen molar-refractivity contribution < 1.29 is 28.5 Å². The predicted molar refractivity (Wildman–Crippen MR) is 152 cm³/mol. The van der Waals surface area contributed by atoms with Gasteiger partial charge in [-0.2, -0.15) is 0 Å². The summed E-state index contributed by atoms with van der Waals surface area (Å²) in [5, 5.41) is 0. The van der Waals surface area contributed by atoms with E-state index in [1.807, 2.05) is 60.7 Å². The highest BCUT2D eigenvalue weighted by Gasteiger charge is 2.38. The zero-order valence-corrected chi connectivity index (χ0v) is 21.5. The molecule has 40 heavy (non-hydrogen) atoms. The zero-order chi connectivity index (χ0) is 28.2. The molecule has 0 amide bonds. The summed E-state index contributed by atoms with van der Waals surface area (Å²) in [4.78, 5) is 27.3. The molecule has 8 N–H and O–H groups in total. The van der Waals surface area contributed by atoms with Gasteiger partial charge in [-0.05, 0) is 24.3 Å². The number of ether oxygens (including phenoxy) is 4. The number of rotatable bonds is 10. The van der Waals surface area contributed by atoms with Gasteiger partial charge in [0.25, 0.3) is 0 Å². The lowest BCUT2D eigenvalue weighted by Gasteiger charge is -2.25. The number of hydrogen-bond acceptors (Lipinski definition) is 10. The van der Waals surface area contributed by atoms with Crippen LogP contribution in [0.15, 0.2) is 72.8 Å². The summed E-state index contributed by atoms with van der Waals surface area (Å²) < 4.78 is 22.8. The molecule has 0 saturated heterocycles. The number of nitrogens with two attached hydrogens (primary N) is 4. The number of hydrogen-bond donors (Lipinski definition) is 4. The van der Waals surface area contributed by atoms with Gasteiger partial charge >= 0.3 is 0 Å². The van der Waals surface area contributed by atoms with Gasteiger partial charge in [-0.1, -0.05) is 36.4 Å². The zero-order valence-electron chi connectivity index (χ0n) is 21.5. The van der Waals surface area contributed by atoms with Gasteiger partial charge in [0.1, 0.15) is 49.4 Å². The lowest BCUT2D eigenvalue weighted by molar-refractivity contribution is 0.0981. The number of ketones is 2. The average molecular weight is 541 g/mol. The summed E-state index contributed by atoms with van der Waals surface area (Å²) in [5.74, 6) is 0.494. The van der Waals surface area contributed by atoms with Crippen molar-refractivity contribution in [2.24, 2.45) is 0 Å². The molecule has 0 aliphatic heterocycles. The standard InChI is InChI=1S/C30H28N4O6/c31-19-15-21(39-13-11-37-17-7-3-1-4-8-17)27(33)25-23(19)29(35)24-20(32)16-22(28(34)26(24)30(25)36)40-14-12-38-18-9-5-2-6-10-18/h1-10,15-16H,11-14,31-34H2. The van der Waals surface area contributed by atoms with E-state index in [1.54, 1.807) is 0 Å². The molecule has 10 nitrogen and oxygen atoms in total. The summed E-state index contributed by atoms with van der Waals surface area (Å²) >= 11 is 0. The van der Waals surface area contributed by atoms with Crippen LogP contribution in [0.2, 0.25) is 0 Å². The van der Waals surface area contributed by atoms with Crippen molar-refractivity contribution in [3.8, 4) is 23.0 Å². The first-order valence-electron chi connectivity index (χ1n) is 12.5. The van der Waals surface area contributed by atoms with E-state index in [0.29, 0.717) is 11.5 Å². The SMILES string of the molecule is Nc1cc(OCCOc2ccccc2)c(N)c2c1C(=O)c1c(N)cc(OCCOc3ccccc3)c(N)c1C2=O. The van der Waals surface area contributed by atoms with Crippen LogP contribution in [0.5, 0.6) is 23.0 Å². The van der Waals surface area contributed by atoms with Gasteiger partial charge in [0.15, 0.2) is 11.6 Å². The highest BCUT2D eigenvalue weighted by atomic mass is 16.5. The van der Waals surface area contributed by atoms with Crippen molar-refractivity contribution in [1.82, 2.24) is 0 Å². The normalized spacial score (nSPS) is 11.9. The van der Waals surface area contributed by atoms with E-state index in [4.69, 9.17) is 41.9 Å². The van der Waals surface area contributed by atoms with Crippen molar-refractivity contribution in [3.05, 3.63) is 95.1 Å². The Kier molecular flexibility index (Phi) is 7.32. The fourth-order valence-electron chi connectivity index (χ4n) is 4.49. The first-order valence-corrected chi connectivity index (χ1v) is 12.5. The number of benzene rings is 4. The number of nitrogen functional groups attached to an aromatic ring is 4. The predicted octanol–water partition coefficient (Wildman–Crippen LogP) is 3.71. The van der Waals surface area contributed by atoms with Gasteiger partial charge in [0.2, 0.25) is 0 Å². The molecule has 5 rings (SSSR count). The maximum Gasteiger partial charge on any atom is 0.199 e. The van der Waals surface area contributed by atoms with E-state index < -0.39 is 11.6 Å². The third-order valence-corrected chi connectivity index (χ3v) is 6.33. The van der Waals surface area contributed by atoms with E-state index in [1.165, 1.54) is 12.1 Å². The Balaban J connectivity index is 1.37. The highest BCUT2D eigenvalue weighted by molar-refractivity contribution is 6.35. The lowest BCUT2D eigenvalue weighted by Crippen LogP contribution is -2.27. The summed E-state index contributed by atoms with van der Waals surface area (Å²) in [5.41, 5.74) is 24.8. The van der Waals surface area contributed by atoms with Crippen LogP contribution in [-0.2, 0) is 0 Å². The molecule has 1 aliphatic rings. The first-order chi connectivity index (χ1) is 19.4. The third-order valence-electron chi connectivity index (χ3n) is 6.33. The molecule has 0 unspecified atom stereocenters. The lowest BCUT2D eigenvalue weighted by atomic mass is 9.80. The van der Waals surface area contributed by atoms with Crippen LogP contribution in [0.1, 0.15) is 31.8 Å². The number of para-hydroxylation sites is 2. The van der Waals surface area contributed by atoms with Crippen molar-refractivity contribution in [2.75, 3.05) is 49.4 Å². The van der Waals surface area contributed by atoms with Crippen LogP contribution < -0.4 is 41.9 Å². The Morgan fingerprint density at radius 3 is 1.23 bits per heavy atom. The molecule has 0 fully saturated rings. The monoisotopic (exact) mass is 540 g/mol. The summed E-state index contributed by atoms with van der Waals surface area (Å²) in [7, 11) is 0. The number of fused-ring (bicyclic) bond motifs is 2. The largest absolute Gasteiger partial charge is 0.490 e. The molecular weight excluding hydrogens is 512 g/mol. The summed E-state index contributed by atoms with van der Waals surface area (Å²) in [6.07, 6.45) is 0. The highest BCUT2D eigenvalue weighted by Crippen LogP contribution is 2.44. The van der Waals surface area contributed by atoms with E-state index >= 15 is 0 Å². The van der Waals surface area contributed by atoms with Crippen molar-refractivity contribution in [3.63, 3.8) is 0 Å². The summed E-state index contributed by atoms with van der Waals surface area (Å²) in [6, 6.07) is 21.3. The second-order valence-corrected chi connectivity index (χ2v) is 8.93. The maximum absolute atomic E-state index is 13.8. The first kappa shape index (κ1) is 26.2. The van der Waals surface area contributed by atoms with Crippen LogP contribution in [0, 0.1) is 0 Å². The molecule has 0 spiro atoms. The molecule has 10 heteroatoms. The molecule has 0 atom stereocenters. The van der Waals surface area contributed by atoms with E-state index in [9.17, 15) is 9.59 Å². The van der Waals surface area contributed by atoms with Gasteiger partial charge in [-0.25, -0.2) is 0 Å². The minimum absolute atomic E-state index is 0.0311. The molecule has 0 aromatic heterocycles. The molecule has 4 aromatic rings. The molecule has 204 valence electrons. The van der Waals surface area contributed by atoms with Gasteiger partial charge in [-0.3, -0.25) is 9.59 Å². The fraction of sp³-hybridized carbons (Fsp3) is 0.133. The molecule has 0 bridgehead atoms. The Morgan fingerprint density at radius 1 is 0.475 bits per heavy atom. The van der Waals surface area contributed by atoms with E-state index in [-0.39, 0.29) is 82.9 Å². The van der Waals surface area contributed by atoms with Crippen LogP contribution >= 0.6 is 0 Å². The van der Waals surface area contributed by atoms with Crippen LogP contribution in [0.4, 0.5) is 22.7 Å². The molecule has 4 aromatic carbocycles. The average Bonchev–Trinajstić information content (AvgIpc) is 2.96. The maximum atomic E-state index is 13.8. The van der Waals surface area contributed by atoms with E-state index in [2.05, 4.69) is 0 Å². The molecule has 1 aliphatic carbocycles. The fourth-order valence-corrected chi connectivity index (χ4v) is 4.49. The van der Waals surface area contributed by atoms with Crippen molar-refractivity contribution >= 4 is 34.3 Å². The minimum Gasteiger partial charge on any atom is -0.490 e. The Morgan fingerprint density at radius 2 is 0.825 bits per heavy atom. The van der Waals surface area contributed by atoms with Crippen molar-refractivity contribution in [2.45, 2.75) is 0 Å². The summed E-state index contributed by atoms with van der Waals surface area (Å²) in [6.45, 7) is 0.672. The molecule has 0 saturated carbocycles. The second kappa shape index (κ2) is 11.2. The topological polar surface area (TPSA) is 175 Å². The molecular formula is C30H28N4O6.